The van der Waals surface area contributed by atoms with E-state index < -0.39 is 0 Å². The van der Waals surface area contributed by atoms with Gasteiger partial charge in [-0.3, -0.25) is 0 Å². The van der Waals surface area contributed by atoms with Crippen molar-refractivity contribution in [1.29, 1.82) is 0 Å². The first kappa shape index (κ1) is 8.41. The van der Waals surface area contributed by atoms with Crippen LogP contribution >= 0.6 is 11.8 Å². The summed E-state index contributed by atoms with van der Waals surface area (Å²) in [6, 6.07) is 0. The maximum Gasteiger partial charge on any atom is 0.0620 e. The molecule has 1 fully saturated rings. The van der Waals surface area contributed by atoms with E-state index in [4.69, 9.17) is 0 Å². The fourth-order valence-corrected chi connectivity index (χ4v) is 2.93. The largest absolute Gasteiger partial charge is 0.302 e. The van der Waals surface area contributed by atoms with Gasteiger partial charge in [-0.05, 0) is 27.2 Å². The minimum atomic E-state index is 0.337. The van der Waals surface area contributed by atoms with Crippen LogP contribution in [0.1, 0.15) is 34.1 Å². The number of hydrogen-bond acceptors (Lipinski definition) is 2. The summed E-state index contributed by atoms with van der Waals surface area (Å²) in [5.74, 6) is 0. The van der Waals surface area contributed by atoms with E-state index in [2.05, 4.69) is 44.8 Å². The lowest BCUT2D eigenvalue weighted by Gasteiger charge is -2.23. The number of thioether (sulfide) groups is 1. The molecule has 0 bridgehead atoms. The monoisotopic (exact) mass is 159 g/mol. The molecule has 0 aromatic rings. The van der Waals surface area contributed by atoms with Gasteiger partial charge in [-0.2, -0.15) is 0 Å². The third-order valence-corrected chi connectivity index (χ3v) is 3.64. The van der Waals surface area contributed by atoms with Crippen LogP contribution in [-0.4, -0.2) is 16.2 Å². The molecule has 0 radical (unpaired) electrons. The minimum Gasteiger partial charge on any atom is -0.302 e. The van der Waals surface area contributed by atoms with E-state index in [1.165, 1.54) is 6.42 Å². The highest BCUT2D eigenvalue weighted by molar-refractivity contribution is 8.02. The van der Waals surface area contributed by atoms with Crippen molar-refractivity contribution < 1.29 is 0 Å². The third-order valence-electron chi connectivity index (χ3n) is 2.06. The van der Waals surface area contributed by atoms with Gasteiger partial charge in [0.25, 0.3) is 0 Å². The summed E-state index contributed by atoms with van der Waals surface area (Å²) < 4.78 is 0.435. The first-order valence-corrected chi connectivity index (χ1v) is 4.74. The average molecular weight is 159 g/mol. The number of rotatable bonds is 1. The Morgan fingerprint density at radius 2 is 2.00 bits per heavy atom. The highest BCUT2D eigenvalue weighted by atomic mass is 32.2. The molecular formula is C8H17NS. The van der Waals surface area contributed by atoms with Crippen molar-refractivity contribution in [1.82, 2.24) is 5.32 Å². The van der Waals surface area contributed by atoms with Gasteiger partial charge in [-0.1, -0.05) is 6.92 Å². The average Bonchev–Trinajstić information content (AvgIpc) is 2.08. The maximum atomic E-state index is 3.54. The lowest BCUT2D eigenvalue weighted by Crippen LogP contribution is -2.32. The predicted octanol–water partition coefficient (Wildman–Crippen LogP) is 2.23. The molecule has 1 unspecified atom stereocenters. The van der Waals surface area contributed by atoms with Crippen molar-refractivity contribution in [3.63, 3.8) is 0 Å². The van der Waals surface area contributed by atoms with Crippen molar-refractivity contribution in [2.24, 2.45) is 0 Å². The number of hydrogen-bond donors (Lipinski definition) is 1. The fraction of sp³-hybridized carbons (Fsp3) is 1.00. The van der Waals surface area contributed by atoms with E-state index in [9.17, 15) is 0 Å². The maximum absolute atomic E-state index is 3.54. The second-order valence-electron chi connectivity index (χ2n) is 3.80. The molecule has 0 aromatic heterocycles. The van der Waals surface area contributed by atoms with E-state index >= 15 is 0 Å². The minimum absolute atomic E-state index is 0.337. The van der Waals surface area contributed by atoms with Gasteiger partial charge in [0.15, 0.2) is 0 Å². The van der Waals surface area contributed by atoms with Gasteiger partial charge in [-0.25, -0.2) is 0 Å². The zero-order valence-electron chi connectivity index (χ0n) is 7.32. The SMILES string of the molecule is CCC1(C)NCC(C)(C)S1. The summed E-state index contributed by atoms with van der Waals surface area (Å²) in [5.41, 5.74) is 0. The van der Waals surface area contributed by atoms with Crippen LogP contribution in [0.3, 0.4) is 0 Å². The Morgan fingerprint density at radius 3 is 2.20 bits per heavy atom. The zero-order chi connectivity index (χ0) is 7.83. The lowest BCUT2D eigenvalue weighted by atomic mass is 10.2. The van der Waals surface area contributed by atoms with Crippen LogP contribution in [-0.2, 0) is 0 Å². The first-order valence-electron chi connectivity index (χ1n) is 3.93. The highest BCUT2D eigenvalue weighted by Crippen LogP contribution is 2.41. The van der Waals surface area contributed by atoms with Crippen LogP contribution in [0.4, 0.5) is 0 Å². The molecule has 0 aromatic carbocycles. The summed E-state index contributed by atoms with van der Waals surface area (Å²) >= 11 is 2.06. The molecule has 10 heavy (non-hydrogen) atoms. The molecule has 1 rings (SSSR count). The van der Waals surface area contributed by atoms with Gasteiger partial charge in [0.05, 0.1) is 4.87 Å². The van der Waals surface area contributed by atoms with E-state index in [0.717, 1.165) is 6.54 Å². The lowest BCUT2D eigenvalue weighted by molar-refractivity contribution is 0.505. The Balaban J connectivity index is 2.57. The van der Waals surface area contributed by atoms with E-state index in [1.54, 1.807) is 0 Å². The van der Waals surface area contributed by atoms with Crippen LogP contribution in [0.15, 0.2) is 0 Å². The second-order valence-corrected chi connectivity index (χ2v) is 6.01. The van der Waals surface area contributed by atoms with Crippen LogP contribution in [0.2, 0.25) is 0 Å². The summed E-state index contributed by atoms with van der Waals surface area (Å²) in [7, 11) is 0. The van der Waals surface area contributed by atoms with Crippen molar-refractivity contribution in [2.45, 2.75) is 43.7 Å². The number of nitrogens with one attached hydrogen (secondary N) is 1. The topological polar surface area (TPSA) is 12.0 Å². The Bertz CT molecular complexity index is 133. The molecule has 2 heteroatoms. The molecule has 60 valence electrons. The van der Waals surface area contributed by atoms with Crippen molar-refractivity contribution in [3.8, 4) is 0 Å². The third kappa shape index (κ3) is 1.67. The van der Waals surface area contributed by atoms with E-state index in [0.29, 0.717) is 9.62 Å². The predicted molar refractivity (Wildman–Crippen MR) is 48.4 cm³/mol. The van der Waals surface area contributed by atoms with Gasteiger partial charge in [0.1, 0.15) is 0 Å². The quantitative estimate of drug-likeness (QED) is 0.629. The van der Waals surface area contributed by atoms with Crippen molar-refractivity contribution in [3.05, 3.63) is 0 Å². The molecule has 1 heterocycles. The second kappa shape index (κ2) is 2.42. The summed E-state index contributed by atoms with van der Waals surface area (Å²) in [6.45, 7) is 10.3. The van der Waals surface area contributed by atoms with Crippen molar-refractivity contribution >= 4 is 11.8 Å². The van der Waals surface area contributed by atoms with E-state index in [1.807, 2.05) is 0 Å². The van der Waals surface area contributed by atoms with Crippen LogP contribution in [0.5, 0.6) is 0 Å². The first-order chi connectivity index (χ1) is 4.47. The molecule has 0 spiro atoms. The summed E-state index contributed by atoms with van der Waals surface area (Å²) in [6.07, 6.45) is 1.21. The fourth-order valence-electron chi connectivity index (χ4n) is 1.28. The molecule has 1 nitrogen and oxygen atoms in total. The zero-order valence-corrected chi connectivity index (χ0v) is 8.14. The smallest absolute Gasteiger partial charge is 0.0620 e. The van der Waals surface area contributed by atoms with Gasteiger partial charge in [-0.15, -0.1) is 11.8 Å². The van der Waals surface area contributed by atoms with Gasteiger partial charge >= 0.3 is 0 Å². The molecule has 0 amide bonds. The Hall–Kier alpha value is 0.310. The molecule has 1 saturated heterocycles. The van der Waals surface area contributed by atoms with Crippen LogP contribution < -0.4 is 5.32 Å². The van der Waals surface area contributed by atoms with Crippen molar-refractivity contribution in [2.75, 3.05) is 6.54 Å². The molecule has 1 aliphatic rings. The summed E-state index contributed by atoms with van der Waals surface area (Å²) in [5, 5.41) is 3.54. The van der Waals surface area contributed by atoms with Gasteiger partial charge in [0.2, 0.25) is 0 Å². The Kier molecular flexibility index (Phi) is 2.03. The molecule has 0 aliphatic carbocycles. The van der Waals surface area contributed by atoms with Crippen LogP contribution in [0.25, 0.3) is 0 Å². The molecule has 1 N–H and O–H groups in total. The van der Waals surface area contributed by atoms with Crippen LogP contribution in [0, 0.1) is 0 Å². The molecule has 1 aliphatic heterocycles. The van der Waals surface area contributed by atoms with E-state index in [-0.39, 0.29) is 0 Å². The standard InChI is InChI=1S/C8H17NS/c1-5-8(4)9-6-7(2,3)10-8/h9H,5-6H2,1-4H3. The van der Waals surface area contributed by atoms with Gasteiger partial charge in [0, 0.05) is 11.3 Å². The van der Waals surface area contributed by atoms with Gasteiger partial charge < -0.3 is 5.32 Å². The Labute approximate surface area is 68.0 Å². The Morgan fingerprint density at radius 1 is 1.40 bits per heavy atom. The molecule has 0 saturated carbocycles. The normalized spacial score (nSPS) is 38.4. The summed E-state index contributed by atoms with van der Waals surface area (Å²) in [4.78, 5) is 0.337. The highest BCUT2D eigenvalue weighted by Gasteiger charge is 2.38. The molecule has 1 atom stereocenters. The molecular weight excluding hydrogens is 142 g/mol.